The Labute approximate surface area is 147 Å². The third-order valence-corrected chi connectivity index (χ3v) is 4.20. The molecule has 0 aromatic heterocycles. The van der Waals surface area contributed by atoms with Crippen molar-refractivity contribution in [3.05, 3.63) is 0 Å². The molecule has 1 unspecified atom stereocenters. The normalized spacial score (nSPS) is 11.2. The molecule has 6 nitrogen and oxygen atoms in total. The van der Waals surface area contributed by atoms with Crippen LogP contribution in [-0.2, 0) is 9.59 Å². The van der Waals surface area contributed by atoms with E-state index < -0.39 is 11.9 Å². The third kappa shape index (κ3) is 18.9. The van der Waals surface area contributed by atoms with Gasteiger partial charge in [-0.15, -0.1) is 0 Å². The monoisotopic (exact) mass is 348 g/mol. The van der Waals surface area contributed by atoms with E-state index in [4.69, 9.17) is 5.11 Å². The summed E-state index contributed by atoms with van der Waals surface area (Å²) in [6.45, 7) is 2.16. The predicted octanol–water partition coefficient (Wildman–Crippen LogP) is 5.58. The number of rotatable bonds is 16. The van der Waals surface area contributed by atoms with E-state index in [0.717, 1.165) is 70.6 Å². The van der Waals surface area contributed by atoms with E-state index in [1.54, 1.807) is 0 Å². The maximum atomic E-state index is 11.2. The van der Waals surface area contributed by atoms with E-state index in [2.05, 4.69) is 6.92 Å². The molecule has 0 aliphatic heterocycles. The molecule has 0 aliphatic rings. The molecule has 0 aromatic rings. The minimum atomic E-state index is -0.710. The maximum Gasteiger partial charge on any atom is 0.306 e. The zero-order valence-electron chi connectivity index (χ0n) is 15.6. The molecule has 24 heavy (non-hydrogen) atoms. The molecule has 8 N–H and O–H groups in total. The molecule has 1 atom stereocenters. The quantitative estimate of drug-likeness (QED) is 0.268. The Kier molecular flexibility index (Phi) is 23.0. The number of unbranched alkanes of at least 4 members (excludes halogenated alkanes) is 9. The molecular weight excluding hydrogens is 308 g/mol. The largest absolute Gasteiger partial charge is 0.481 e. The summed E-state index contributed by atoms with van der Waals surface area (Å²) in [4.78, 5) is 21.6. The second-order valence-corrected chi connectivity index (χ2v) is 6.29. The first-order chi connectivity index (χ1) is 10.6. The van der Waals surface area contributed by atoms with E-state index in [9.17, 15) is 14.7 Å². The van der Waals surface area contributed by atoms with Crippen molar-refractivity contribution < 1.29 is 19.8 Å². The Morgan fingerprint density at radius 1 is 0.708 bits per heavy atom. The Morgan fingerprint density at radius 3 is 1.54 bits per heavy atom. The highest BCUT2D eigenvalue weighted by Gasteiger charge is 2.16. The minimum absolute atomic E-state index is 0. The van der Waals surface area contributed by atoms with Gasteiger partial charge in [0.1, 0.15) is 0 Å². The summed E-state index contributed by atoms with van der Waals surface area (Å²) in [7, 11) is 0. The highest BCUT2D eigenvalue weighted by atomic mass is 16.4. The van der Waals surface area contributed by atoms with E-state index in [1.807, 2.05) is 0 Å². The summed E-state index contributed by atoms with van der Waals surface area (Å²) < 4.78 is 0. The average molecular weight is 349 g/mol. The van der Waals surface area contributed by atoms with Gasteiger partial charge in [-0.1, -0.05) is 71.1 Å². The Bertz CT molecular complexity index is 299. The van der Waals surface area contributed by atoms with Crippen molar-refractivity contribution in [2.45, 2.75) is 96.8 Å². The highest BCUT2D eigenvalue weighted by Crippen LogP contribution is 2.19. The molecule has 146 valence electrons. The fourth-order valence-corrected chi connectivity index (χ4v) is 2.76. The van der Waals surface area contributed by atoms with Crippen molar-refractivity contribution in [2.75, 3.05) is 0 Å². The molecule has 0 spiro atoms. The lowest BCUT2D eigenvalue weighted by Crippen LogP contribution is -2.13. The van der Waals surface area contributed by atoms with Crippen molar-refractivity contribution in [1.82, 2.24) is 12.3 Å². The third-order valence-electron chi connectivity index (χ3n) is 4.20. The van der Waals surface area contributed by atoms with Crippen LogP contribution in [0.15, 0.2) is 0 Å². The molecule has 0 aliphatic carbocycles. The number of hydrogen-bond donors (Lipinski definition) is 4. The molecule has 6 heteroatoms. The molecule has 0 radical (unpaired) electrons. The molecule has 0 amide bonds. The van der Waals surface area contributed by atoms with E-state index in [1.165, 1.54) is 12.8 Å². The van der Waals surface area contributed by atoms with Crippen LogP contribution in [0, 0.1) is 5.92 Å². The molecule has 0 saturated heterocycles. The summed E-state index contributed by atoms with van der Waals surface area (Å²) in [5.41, 5.74) is 0. The van der Waals surface area contributed by atoms with Crippen molar-refractivity contribution in [1.29, 1.82) is 0 Å². The van der Waals surface area contributed by atoms with Crippen LogP contribution in [0.1, 0.15) is 96.8 Å². The highest BCUT2D eigenvalue weighted by molar-refractivity contribution is 5.69. The van der Waals surface area contributed by atoms with Crippen LogP contribution in [0.2, 0.25) is 0 Å². The molecule has 0 saturated carbocycles. The van der Waals surface area contributed by atoms with Gasteiger partial charge in [0.15, 0.2) is 0 Å². The topological polar surface area (TPSA) is 145 Å². The Hall–Kier alpha value is -1.14. The minimum Gasteiger partial charge on any atom is -0.481 e. The van der Waals surface area contributed by atoms with Gasteiger partial charge in [0, 0.05) is 6.42 Å². The molecule has 0 rings (SSSR count). The van der Waals surface area contributed by atoms with Crippen LogP contribution in [0.3, 0.4) is 0 Å². The predicted molar refractivity (Wildman–Crippen MR) is 99.1 cm³/mol. The second kappa shape index (κ2) is 19.9. The van der Waals surface area contributed by atoms with Crippen LogP contribution in [0.4, 0.5) is 0 Å². The second-order valence-electron chi connectivity index (χ2n) is 6.29. The molecular formula is C18H40N2O4. The number of carboxylic acids is 2. The SMILES string of the molecule is CCCCCCC(CCCCCCCCCC(=O)O)C(=O)O.N.N. The van der Waals surface area contributed by atoms with Crippen LogP contribution < -0.4 is 12.3 Å². The number of carboxylic acid groups (broad SMARTS) is 2. The Morgan fingerprint density at radius 2 is 1.12 bits per heavy atom. The van der Waals surface area contributed by atoms with Crippen molar-refractivity contribution >= 4 is 11.9 Å². The van der Waals surface area contributed by atoms with Gasteiger partial charge < -0.3 is 22.5 Å². The van der Waals surface area contributed by atoms with Gasteiger partial charge >= 0.3 is 11.9 Å². The van der Waals surface area contributed by atoms with Gasteiger partial charge in [-0.05, 0) is 19.3 Å². The zero-order chi connectivity index (χ0) is 16.6. The smallest absolute Gasteiger partial charge is 0.306 e. The van der Waals surface area contributed by atoms with E-state index >= 15 is 0 Å². The van der Waals surface area contributed by atoms with Gasteiger partial charge in [0.2, 0.25) is 0 Å². The van der Waals surface area contributed by atoms with Gasteiger partial charge in [-0.3, -0.25) is 9.59 Å². The zero-order valence-corrected chi connectivity index (χ0v) is 15.6. The average Bonchev–Trinajstić information content (AvgIpc) is 2.46. The Balaban J connectivity index is -0.00000220. The molecule has 0 bridgehead atoms. The van der Waals surface area contributed by atoms with Crippen molar-refractivity contribution in [2.24, 2.45) is 5.92 Å². The number of carbonyl (C=O) groups is 2. The standard InChI is InChI=1S/C18H34O4.2H3N/c1-2-3-4-10-13-16(18(21)22)14-11-8-6-5-7-9-12-15-17(19)20;;/h16H,2-15H2,1H3,(H,19,20)(H,21,22);2*1H3. The van der Waals surface area contributed by atoms with Crippen LogP contribution in [0.25, 0.3) is 0 Å². The van der Waals surface area contributed by atoms with Gasteiger partial charge in [-0.2, -0.15) is 0 Å². The lowest BCUT2D eigenvalue weighted by Gasteiger charge is -2.11. The van der Waals surface area contributed by atoms with Gasteiger partial charge in [0.05, 0.1) is 5.92 Å². The molecule has 0 heterocycles. The van der Waals surface area contributed by atoms with Crippen molar-refractivity contribution in [3.8, 4) is 0 Å². The number of aliphatic carboxylic acids is 2. The van der Waals surface area contributed by atoms with E-state index in [0.29, 0.717) is 0 Å². The van der Waals surface area contributed by atoms with Crippen LogP contribution in [-0.4, -0.2) is 22.2 Å². The van der Waals surface area contributed by atoms with Crippen LogP contribution in [0.5, 0.6) is 0 Å². The summed E-state index contributed by atoms with van der Waals surface area (Å²) in [5.74, 6) is -1.50. The fraction of sp³-hybridized carbons (Fsp3) is 0.889. The number of hydrogen-bond acceptors (Lipinski definition) is 4. The van der Waals surface area contributed by atoms with Crippen LogP contribution >= 0.6 is 0 Å². The first-order valence-corrected chi connectivity index (χ1v) is 9.02. The summed E-state index contributed by atoms with van der Waals surface area (Å²) in [6, 6.07) is 0. The fourth-order valence-electron chi connectivity index (χ4n) is 2.76. The lowest BCUT2D eigenvalue weighted by molar-refractivity contribution is -0.142. The maximum absolute atomic E-state index is 11.2. The summed E-state index contributed by atoms with van der Waals surface area (Å²) in [6.07, 6.45) is 13.7. The molecule has 0 fully saturated rings. The van der Waals surface area contributed by atoms with E-state index in [-0.39, 0.29) is 24.6 Å². The summed E-state index contributed by atoms with van der Waals surface area (Å²) in [5, 5.41) is 17.8. The van der Waals surface area contributed by atoms with Gasteiger partial charge in [0.25, 0.3) is 0 Å². The first-order valence-electron chi connectivity index (χ1n) is 9.02. The van der Waals surface area contributed by atoms with Gasteiger partial charge in [-0.25, -0.2) is 0 Å². The molecule has 0 aromatic carbocycles. The first kappa shape index (κ1) is 27.7. The van der Waals surface area contributed by atoms with Crippen molar-refractivity contribution in [3.63, 3.8) is 0 Å². The lowest BCUT2D eigenvalue weighted by atomic mass is 9.94. The summed E-state index contributed by atoms with van der Waals surface area (Å²) >= 11 is 0.